The highest BCUT2D eigenvalue weighted by Crippen LogP contribution is 2.26. The average Bonchev–Trinajstić information content (AvgIpc) is 3.38. The van der Waals surface area contributed by atoms with Gasteiger partial charge in [0.2, 0.25) is 11.0 Å². The zero-order valence-corrected chi connectivity index (χ0v) is 18.7. The maximum Gasteiger partial charge on any atom is 0.210 e. The minimum atomic E-state index is 0.225. The van der Waals surface area contributed by atoms with Crippen molar-refractivity contribution < 1.29 is 9.15 Å². The number of nitrogen functional groups attached to an aromatic ring is 1. The fourth-order valence-electron chi connectivity index (χ4n) is 2.88. The fourth-order valence-corrected chi connectivity index (χ4v) is 3.80. The largest absolute Gasteiger partial charge is 0.486 e. The van der Waals surface area contributed by atoms with Crippen LogP contribution in [0, 0.1) is 0 Å². The van der Waals surface area contributed by atoms with Crippen LogP contribution in [0.15, 0.2) is 64.3 Å². The normalized spacial score (nSPS) is 11.2. The van der Waals surface area contributed by atoms with Crippen LogP contribution < -0.4 is 10.6 Å². The Morgan fingerprint density at radius 2 is 1.97 bits per heavy atom. The molecule has 0 bridgehead atoms. The zero-order chi connectivity index (χ0) is 21.8. The summed E-state index contributed by atoms with van der Waals surface area (Å²) in [5, 5.41) is 9.47. The Balaban J connectivity index is 1.34. The van der Waals surface area contributed by atoms with Crippen LogP contribution in [-0.2, 0) is 12.4 Å². The molecular weight excluding hydrogens is 434 g/mol. The summed E-state index contributed by atoms with van der Waals surface area (Å²) in [5.41, 5.74) is 2.14. The van der Waals surface area contributed by atoms with Gasteiger partial charge >= 0.3 is 0 Å². The standard InChI is InChI=1S/C22H22ClN5O2S/c1-14(2)15-6-8-18(9-7-15)29-12-20-26-27-22(28(20)24)31-13-21-25-11-19(30-21)16-4-3-5-17(23)10-16/h3-11,14H,12-13,24H2,1-2H3. The molecule has 9 heteroatoms. The molecule has 0 fully saturated rings. The summed E-state index contributed by atoms with van der Waals surface area (Å²) in [6.07, 6.45) is 1.68. The van der Waals surface area contributed by atoms with Gasteiger partial charge < -0.3 is 15.0 Å². The van der Waals surface area contributed by atoms with Crippen molar-refractivity contribution in [1.82, 2.24) is 19.9 Å². The van der Waals surface area contributed by atoms with Gasteiger partial charge in [0.1, 0.15) is 12.4 Å². The SMILES string of the molecule is CC(C)c1ccc(OCc2nnc(SCc3ncc(-c4cccc(Cl)c4)o3)n2N)cc1. The zero-order valence-electron chi connectivity index (χ0n) is 17.2. The second kappa shape index (κ2) is 9.45. The molecule has 160 valence electrons. The molecule has 0 saturated carbocycles. The lowest BCUT2D eigenvalue weighted by molar-refractivity contribution is 0.291. The Morgan fingerprint density at radius 1 is 1.16 bits per heavy atom. The van der Waals surface area contributed by atoms with Gasteiger partial charge in [0.25, 0.3) is 0 Å². The number of oxazole rings is 1. The number of rotatable bonds is 8. The van der Waals surface area contributed by atoms with Gasteiger partial charge in [-0.25, -0.2) is 9.66 Å². The molecule has 0 aliphatic heterocycles. The summed E-state index contributed by atoms with van der Waals surface area (Å²) in [4.78, 5) is 4.32. The van der Waals surface area contributed by atoms with Crippen LogP contribution in [0.5, 0.6) is 5.75 Å². The van der Waals surface area contributed by atoms with Crippen molar-refractivity contribution in [2.24, 2.45) is 0 Å². The summed E-state index contributed by atoms with van der Waals surface area (Å²) in [6.45, 7) is 4.54. The van der Waals surface area contributed by atoms with Crippen molar-refractivity contribution in [1.29, 1.82) is 0 Å². The Kier molecular flexibility index (Phi) is 6.48. The molecule has 0 aliphatic carbocycles. The van der Waals surface area contributed by atoms with Crippen LogP contribution >= 0.6 is 23.4 Å². The van der Waals surface area contributed by atoms with Gasteiger partial charge in [-0.05, 0) is 35.7 Å². The molecule has 0 unspecified atom stereocenters. The summed E-state index contributed by atoms with van der Waals surface area (Å²) in [7, 11) is 0. The highest BCUT2D eigenvalue weighted by Gasteiger charge is 2.14. The van der Waals surface area contributed by atoms with E-state index >= 15 is 0 Å². The minimum Gasteiger partial charge on any atom is -0.486 e. The van der Waals surface area contributed by atoms with Gasteiger partial charge in [0, 0.05) is 10.6 Å². The second-order valence-electron chi connectivity index (χ2n) is 7.20. The lowest BCUT2D eigenvalue weighted by Crippen LogP contribution is -2.15. The maximum absolute atomic E-state index is 6.13. The van der Waals surface area contributed by atoms with Crippen molar-refractivity contribution >= 4 is 23.4 Å². The summed E-state index contributed by atoms with van der Waals surface area (Å²) in [6, 6.07) is 15.4. The summed E-state index contributed by atoms with van der Waals surface area (Å²) < 4.78 is 13.0. The molecule has 7 nitrogen and oxygen atoms in total. The van der Waals surface area contributed by atoms with E-state index in [1.54, 1.807) is 6.20 Å². The van der Waals surface area contributed by atoms with E-state index in [1.165, 1.54) is 22.0 Å². The number of thioether (sulfide) groups is 1. The molecule has 4 aromatic rings. The van der Waals surface area contributed by atoms with E-state index in [1.807, 2.05) is 36.4 Å². The first-order valence-corrected chi connectivity index (χ1v) is 11.1. The summed E-state index contributed by atoms with van der Waals surface area (Å²) in [5.74, 6) is 9.58. The Labute approximate surface area is 189 Å². The smallest absolute Gasteiger partial charge is 0.210 e. The van der Waals surface area contributed by atoms with Crippen LogP contribution in [0.2, 0.25) is 5.02 Å². The Bertz CT molecular complexity index is 1160. The fraction of sp³-hybridized carbons (Fsp3) is 0.227. The maximum atomic E-state index is 6.13. The molecule has 0 radical (unpaired) electrons. The molecule has 2 N–H and O–H groups in total. The molecule has 2 heterocycles. The molecule has 0 aliphatic rings. The van der Waals surface area contributed by atoms with Crippen molar-refractivity contribution in [3.8, 4) is 17.1 Å². The van der Waals surface area contributed by atoms with E-state index in [9.17, 15) is 0 Å². The number of ether oxygens (including phenoxy) is 1. The molecule has 0 amide bonds. The molecule has 0 atom stereocenters. The highest BCUT2D eigenvalue weighted by atomic mass is 35.5. The van der Waals surface area contributed by atoms with Crippen LogP contribution in [0.25, 0.3) is 11.3 Å². The van der Waals surface area contributed by atoms with Crippen molar-refractivity contribution in [3.63, 3.8) is 0 Å². The number of aromatic nitrogens is 4. The summed E-state index contributed by atoms with van der Waals surface area (Å²) >= 11 is 7.42. The van der Waals surface area contributed by atoms with Gasteiger partial charge in [-0.3, -0.25) is 0 Å². The van der Waals surface area contributed by atoms with E-state index in [0.717, 1.165) is 11.3 Å². The average molecular weight is 456 g/mol. The van der Waals surface area contributed by atoms with Crippen molar-refractivity contribution in [2.75, 3.05) is 5.84 Å². The van der Waals surface area contributed by atoms with E-state index in [0.29, 0.717) is 39.3 Å². The second-order valence-corrected chi connectivity index (χ2v) is 8.58. The lowest BCUT2D eigenvalue weighted by atomic mass is 10.0. The third kappa shape index (κ3) is 5.21. The van der Waals surface area contributed by atoms with E-state index in [2.05, 4.69) is 41.2 Å². The van der Waals surface area contributed by atoms with Gasteiger partial charge in [-0.1, -0.05) is 61.5 Å². The van der Waals surface area contributed by atoms with Gasteiger partial charge in [-0.15, -0.1) is 10.2 Å². The van der Waals surface area contributed by atoms with E-state index < -0.39 is 0 Å². The molecule has 0 spiro atoms. The number of nitrogens with zero attached hydrogens (tertiary/aromatic N) is 4. The molecule has 4 rings (SSSR count). The van der Waals surface area contributed by atoms with Gasteiger partial charge in [0.15, 0.2) is 11.6 Å². The first-order valence-electron chi connectivity index (χ1n) is 9.75. The number of benzene rings is 2. The number of halogens is 1. The predicted octanol–water partition coefficient (Wildman–Crippen LogP) is 5.30. The van der Waals surface area contributed by atoms with Crippen molar-refractivity contribution in [2.45, 2.75) is 37.3 Å². The number of hydrogen-bond donors (Lipinski definition) is 1. The first-order chi connectivity index (χ1) is 15.0. The molecule has 0 saturated heterocycles. The minimum absolute atomic E-state index is 0.225. The lowest BCUT2D eigenvalue weighted by Gasteiger charge is -2.08. The number of nitrogens with two attached hydrogens (primary N) is 1. The highest BCUT2D eigenvalue weighted by molar-refractivity contribution is 7.98. The van der Waals surface area contributed by atoms with E-state index in [-0.39, 0.29) is 6.61 Å². The topological polar surface area (TPSA) is 92.0 Å². The first kappa shape index (κ1) is 21.3. The van der Waals surface area contributed by atoms with Crippen LogP contribution in [0.3, 0.4) is 0 Å². The third-order valence-corrected chi connectivity index (χ3v) is 5.80. The van der Waals surface area contributed by atoms with Gasteiger partial charge in [-0.2, -0.15) is 0 Å². The molecule has 31 heavy (non-hydrogen) atoms. The third-order valence-electron chi connectivity index (χ3n) is 4.64. The van der Waals surface area contributed by atoms with Crippen molar-refractivity contribution in [3.05, 3.63) is 77.0 Å². The number of hydrogen-bond acceptors (Lipinski definition) is 7. The Morgan fingerprint density at radius 3 is 2.71 bits per heavy atom. The van der Waals surface area contributed by atoms with Crippen LogP contribution in [0.4, 0.5) is 0 Å². The monoisotopic (exact) mass is 455 g/mol. The quantitative estimate of drug-likeness (QED) is 0.285. The molecular formula is C22H22ClN5O2S. The predicted molar refractivity (Wildman–Crippen MR) is 122 cm³/mol. The van der Waals surface area contributed by atoms with Crippen LogP contribution in [0.1, 0.15) is 37.0 Å². The van der Waals surface area contributed by atoms with Crippen LogP contribution in [-0.4, -0.2) is 19.9 Å². The molecule has 2 aromatic carbocycles. The Hall–Kier alpha value is -2.97. The van der Waals surface area contributed by atoms with E-state index in [4.69, 9.17) is 26.6 Å². The molecule has 2 aromatic heterocycles. The van der Waals surface area contributed by atoms with Gasteiger partial charge in [0.05, 0.1) is 11.9 Å².